The molecule has 2 N–H and O–H groups in total. The molecule has 2 nitrogen and oxygen atoms in total. The van der Waals surface area contributed by atoms with Crippen LogP contribution in [0.4, 0.5) is 0 Å². The Kier molecular flexibility index (Phi) is 4.74. The quantitative estimate of drug-likeness (QED) is 0.879. The highest BCUT2D eigenvalue weighted by Gasteiger charge is 2.37. The van der Waals surface area contributed by atoms with Gasteiger partial charge in [-0.05, 0) is 44.6 Å². The minimum absolute atomic E-state index is 0.184. The highest BCUT2D eigenvalue weighted by Crippen LogP contribution is 2.43. The predicted molar refractivity (Wildman–Crippen MR) is 84.9 cm³/mol. The number of rotatable bonds is 4. The van der Waals surface area contributed by atoms with Crippen LogP contribution in [0, 0.1) is 11.8 Å². The molecule has 1 aliphatic carbocycles. The summed E-state index contributed by atoms with van der Waals surface area (Å²) in [6, 6.07) is 8.33. The number of benzene rings is 1. The maximum atomic E-state index is 6.81. The minimum atomic E-state index is -0.224. The molecule has 0 aromatic heterocycles. The van der Waals surface area contributed by atoms with Crippen molar-refractivity contribution >= 4 is 0 Å². The molecule has 2 rings (SSSR count). The van der Waals surface area contributed by atoms with E-state index in [-0.39, 0.29) is 11.6 Å². The molecule has 1 aromatic rings. The average molecular weight is 275 g/mol. The summed E-state index contributed by atoms with van der Waals surface area (Å²) in [5.41, 5.74) is 7.78. The first kappa shape index (κ1) is 15.4. The second-order valence-electron chi connectivity index (χ2n) is 6.92. The number of para-hydroxylation sites is 1. The summed E-state index contributed by atoms with van der Waals surface area (Å²) in [5.74, 6) is 2.40. The van der Waals surface area contributed by atoms with Crippen molar-refractivity contribution in [2.24, 2.45) is 17.6 Å². The van der Waals surface area contributed by atoms with Crippen molar-refractivity contribution in [2.75, 3.05) is 0 Å². The van der Waals surface area contributed by atoms with E-state index < -0.39 is 0 Å². The number of hydrogen-bond acceptors (Lipinski definition) is 2. The number of ether oxygens (including phenoxy) is 1. The zero-order chi connectivity index (χ0) is 14.8. The first-order valence-electron chi connectivity index (χ1n) is 7.97. The van der Waals surface area contributed by atoms with Gasteiger partial charge in [0.05, 0.1) is 6.10 Å². The molecule has 2 heteroatoms. The van der Waals surface area contributed by atoms with Gasteiger partial charge in [-0.2, -0.15) is 0 Å². The third-order valence-electron chi connectivity index (χ3n) is 4.55. The molecule has 2 atom stereocenters. The predicted octanol–water partition coefficient (Wildman–Crippen LogP) is 4.47. The topological polar surface area (TPSA) is 35.2 Å². The van der Waals surface area contributed by atoms with Crippen molar-refractivity contribution in [1.82, 2.24) is 0 Å². The Labute approximate surface area is 123 Å². The highest BCUT2D eigenvalue weighted by atomic mass is 16.5. The largest absolute Gasteiger partial charge is 0.491 e. The molecule has 0 amide bonds. The van der Waals surface area contributed by atoms with Crippen molar-refractivity contribution in [3.8, 4) is 5.75 Å². The van der Waals surface area contributed by atoms with E-state index in [4.69, 9.17) is 10.5 Å². The molecular weight excluding hydrogens is 246 g/mol. The Hall–Kier alpha value is -1.02. The van der Waals surface area contributed by atoms with Crippen LogP contribution in [0.1, 0.15) is 58.9 Å². The lowest BCUT2D eigenvalue weighted by Gasteiger charge is -2.40. The van der Waals surface area contributed by atoms with E-state index in [0.717, 1.165) is 24.5 Å². The van der Waals surface area contributed by atoms with Gasteiger partial charge >= 0.3 is 0 Å². The van der Waals surface area contributed by atoms with Crippen molar-refractivity contribution in [1.29, 1.82) is 0 Å². The summed E-state index contributed by atoms with van der Waals surface area (Å²) in [7, 11) is 0. The molecule has 0 spiro atoms. The van der Waals surface area contributed by atoms with Gasteiger partial charge in [0.15, 0.2) is 0 Å². The van der Waals surface area contributed by atoms with Crippen LogP contribution in [0.2, 0.25) is 0 Å². The Morgan fingerprint density at radius 1 is 1.20 bits per heavy atom. The van der Waals surface area contributed by atoms with Gasteiger partial charge in [0.1, 0.15) is 5.75 Å². The van der Waals surface area contributed by atoms with Crippen molar-refractivity contribution in [3.63, 3.8) is 0 Å². The Morgan fingerprint density at radius 3 is 2.55 bits per heavy atom. The van der Waals surface area contributed by atoms with Crippen LogP contribution in [0.3, 0.4) is 0 Å². The molecule has 0 aliphatic heterocycles. The summed E-state index contributed by atoms with van der Waals surface area (Å²) < 4.78 is 5.98. The number of nitrogens with two attached hydrogens (primary N) is 1. The van der Waals surface area contributed by atoms with Gasteiger partial charge in [-0.3, -0.25) is 0 Å². The van der Waals surface area contributed by atoms with E-state index in [2.05, 4.69) is 45.9 Å². The molecule has 0 heterocycles. The van der Waals surface area contributed by atoms with Crippen LogP contribution >= 0.6 is 0 Å². The lowest BCUT2D eigenvalue weighted by molar-refractivity contribution is 0.173. The smallest absolute Gasteiger partial charge is 0.124 e. The molecule has 112 valence electrons. The van der Waals surface area contributed by atoms with Gasteiger partial charge in [0, 0.05) is 11.1 Å². The maximum absolute atomic E-state index is 6.81. The highest BCUT2D eigenvalue weighted by molar-refractivity contribution is 5.39. The SMILES string of the molecule is CC(C)Oc1ccccc1C1(N)CCCC(C(C)C)C1. The zero-order valence-electron chi connectivity index (χ0n) is 13.4. The van der Waals surface area contributed by atoms with E-state index in [1.807, 2.05) is 6.07 Å². The summed E-state index contributed by atoms with van der Waals surface area (Å²) in [5, 5.41) is 0. The fourth-order valence-corrected chi connectivity index (χ4v) is 3.40. The van der Waals surface area contributed by atoms with E-state index in [0.29, 0.717) is 5.92 Å². The monoisotopic (exact) mass is 275 g/mol. The third-order valence-corrected chi connectivity index (χ3v) is 4.55. The first-order chi connectivity index (χ1) is 9.42. The normalized spacial score (nSPS) is 27.1. The number of hydrogen-bond donors (Lipinski definition) is 1. The molecule has 0 bridgehead atoms. The van der Waals surface area contributed by atoms with E-state index in [1.165, 1.54) is 18.4 Å². The van der Waals surface area contributed by atoms with Crippen LogP contribution in [-0.4, -0.2) is 6.10 Å². The third kappa shape index (κ3) is 3.35. The van der Waals surface area contributed by atoms with E-state index in [1.54, 1.807) is 0 Å². The van der Waals surface area contributed by atoms with E-state index >= 15 is 0 Å². The summed E-state index contributed by atoms with van der Waals surface area (Å²) in [6.07, 6.45) is 4.85. The molecule has 1 fully saturated rings. The molecule has 0 radical (unpaired) electrons. The van der Waals surface area contributed by atoms with Crippen LogP contribution in [-0.2, 0) is 5.54 Å². The average Bonchev–Trinajstić information content (AvgIpc) is 2.38. The molecule has 0 saturated heterocycles. The van der Waals surface area contributed by atoms with Crippen molar-refractivity contribution < 1.29 is 4.74 Å². The van der Waals surface area contributed by atoms with Crippen LogP contribution < -0.4 is 10.5 Å². The zero-order valence-corrected chi connectivity index (χ0v) is 13.4. The van der Waals surface area contributed by atoms with Crippen LogP contribution in [0.5, 0.6) is 5.75 Å². The standard InChI is InChI=1S/C18H29NO/c1-13(2)15-8-7-11-18(19,12-15)16-9-5-6-10-17(16)20-14(3)4/h5-6,9-10,13-15H,7-8,11-12,19H2,1-4H3. The van der Waals surface area contributed by atoms with Gasteiger partial charge in [-0.15, -0.1) is 0 Å². The molecular formula is C18H29NO. The Bertz CT molecular complexity index is 441. The fourth-order valence-electron chi connectivity index (χ4n) is 3.40. The van der Waals surface area contributed by atoms with Crippen molar-refractivity contribution in [3.05, 3.63) is 29.8 Å². The van der Waals surface area contributed by atoms with Gasteiger partial charge in [-0.1, -0.05) is 44.9 Å². The molecule has 1 aliphatic rings. The fraction of sp³-hybridized carbons (Fsp3) is 0.667. The van der Waals surface area contributed by atoms with E-state index in [9.17, 15) is 0 Å². The van der Waals surface area contributed by atoms with Gasteiger partial charge in [-0.25, -0.2) is 0 Å². The first-order valence-corrected chi connectivity index (χ1v) is 7.97. The Morgan fingerprint density at radius 2 is 1.90 bits per heavy atom. The van der Waals surface area contributed by atoms with Crippen molar-refractivity contribution in [2.45, 2.75) is 65.0 Å². The lowest BCUT2D eigenvalue weighted by Crippen LogP contribution is -2.42. The molecule has 2 unspecified atom stereocenters. The Balaban J connectivity index is 2.29. The second-order valence-corrected chi connectivity index (χ2v) is 6.92. The molecule has 1 saturated carbocycles. The van der Waals surface area contributed by atoms with Gasteiger partial charge < -0.3 is 10.5 Å². The van der Waals surface area contributed by atoms with Crippen LogP contribution in [0.15, 0.2) is 24.3 Å². The summed E-state index contributed by atoms with van der Waals surface area (Å²) in [4.78, 5) is 0. The summed E-state index contributed by atoms with van der Waals surface area (Å²) >= 11 is 0. The van der Waals surface area contributed by atoms with Gasteiger partial charge in [0.2, 0.25) is 0 Å². The maximum Gasteiger partial charge on any atom is 0.124 e. The minimum Gasteiger partial charge on any atom is -0.491 e. The molecule has 20 heavy (non-hydrogen) atoms. The summed E-state index contributed by atoms with van der Waals surface area (Å²) in [6.45, 7) is 8.76. The lowest BCUT2D eigenvalue weighted by atomic mass is 9.69. The second kappa shape index (κ2) is 6.17. The van der Waals surface area contributed by atoms with Crippen LogP contribution in [0.25, 0.3) is 0 Å². The van der Waals surface area contributed by atoms with Gasteiger partial charge in [0.25, 0.3) is 0 Å². The molecule has 1 aromatic carbocycles.